The highest BCUT2D eigenvalue weighted by atomic mass is 16.5. The first kappa shape index (κ1) is 23.4. The van der Waals surface area contributed by atoms with Crippen LogP contribution in [-0.2, 0) is 14.2 Å². The summed E-state index contributed by atoms with van der Waals surface area (Å²) in [5, 5.41) is 0. The topological polar surface area (TPSA) is 37.4 Å². The lowest BCUT2D eigenvalue weighted by Gasteiger charge is -2.55. The van der Waals surface area contributed by atoms with Gasteiger partial charge >= 0.3 is 0 Å². The zero-order valence-electron chi connectivity index (χ0n) is 20.1. The van der Waals surface area contributed by atoms with Gasteiger partial charge in [-0.2, -0.15) is 0 Å². The summed E-state index contributed by atoms with van der Waals surface area (Å²) in [6.07, 6.45) is 0.550. The van der Waals surface area contributed by atoms with Gasteiger partial charge in [0.1, 0.15) is 0 Å². The van der Waals surface area contributed by atoms with E-state index in [1.807, 2.05) is 0 Å². The number of hydrogen-bond donors (Lipinski definition) is 0. The highest BCUT2D eigenvalue weighted by Crippen LogP contribution is 2.38. The molecule has 0 saturated carbocycles. The first-order valence-electron chi connectivity index (χ1n) is 11.5. The van der Waals surface area contributed by atoms with Crippen LogP contribution in [0.3, 0.4) is 0 Å². The van der Waals surface area contributed by atoms with Gasteiger partial charge in [0.2, 0.25) is 0 Å². The Balaban J connectivity index is 1.64. The van der Waals surface area contributed by atoms with Gasteiger partial charge in [0.15, 0.2) is 0 Å². The average Bonchev–Trinajstić information content (AvgIpc) is 2.68. The standard InChI is InChI=1S/C23H45N3O3/c1-17(2)18-13-24(7)19(15-28-18)22(3,4)20-16-29-21(14-25(20)8)23(5,6)26-9-11-27-12-10-26/h17-21H,9-16H2,1-8H3. The first-order valence-corrected chi connectivity index (χ1v) is 11.5. The van der Waals surface area contributed by atoms with Crippen molar-refractivity contribution in [3.05, 3.63) is 0 Å². The number of hydrogen-bond acceptors (Lipinski definition) is 6. The lowest BCUT2D eigenvalue weighted by molar-refractivity contribution is -0.170. The second-order valence-electron chi connectivity index (χ2n) is 10.9. The van der Waals surface area contributed by atoms with Gasteiger partial charge in [0.05, 0.1) is 38.6 Å². The molecule has 0 aromatic carbocycles. The molecular weight excluding hydrogens is 366 g/mol. The summed E-state index contributed by atoms with van der Waals surface area (Å²) in [4.78, 5) is 7.60. The van der Waals surface area contributed by atoms with E-state index >= 15 is 0 Å². The Morgan fingerprint density at radius 1 is 0.828 bits per heavy atom. The van der Waals surface area contributed by atoms with Gasteiger partial charge in [0.25, 0.3) is 0 Å². The van der Waals surface area contributed by atoms with Gasteiger partial charge in [-0.05, 0) is 33.9 Å². The fraction of sp³-hybridized carbons (Fsp3) is 1.00. The Kier molecular flexibility index (Phi) is 7.34. The maximum absolute atomic E-state index is 6.57. The molecule has 3 rings (SSSR count). The monoisotopic (exact) mass is 411 g/mol. The van der Waals surface area contributed by atoms with Crippen LogP contribution < -0.4 is 0 Å². The predicted octanol–water partition coefficient (Wildman–Crippen LogP) is 2.18. The lowest BCUT2D eigenvalue weighted by atomic mass is 9.74. The molecule has 0 bridgehead atoms. The first-order chi connectivity index (χ1) is 13.5. The average molecular weight is 412 g/mol. The van der Waals surface area contributed by atoms with Gasteiger partial charge in [-0.1, -0.05) is 27.7 Å². The molecule has 3 fully saturated rings. The molecule has 0 aromatic rings. The van der Waals surface area contributed by atoms with Crippen molar-refractivity contribution in [1.82, 2.24) is 14.7 Å². The number of ether oxygens (including phenoxy) is 3. The molecule has 0 aromatic heterocycles. The second-order valence-corrected chi connectivity index (χ2v) is 10.9. The molecule has 3 heterocycles. The summed E-state index contributed by atoms with van der Waals surface area (Å²) in [7, 11) is 4.54. The summed E-state index contributed by atoms with van der Waals surface area (Å²) in [5.74, 6) is 0.561. The molecule has 4 unspecified atom stereocenters. The van der Waals surface area contributed by atoms with Crippen molar-refractivity contribution < 1.29 is 14.2 Å². The van der Waals surface area contributed by atoms with Crippen LogP contribution >= 0.6 is 0 Å². The normalized spacial score (nSPS) is 34.7. The summed E-state index contributed by atoms with van der Waals surface area (Å²) in [5.41, 5.74) is 0.0991. The Bertz CT molecular complexity index is 533. The molecule has 0 spiro atoms. The summed E-state index contributed by atoms with van der Waals surface area (Å²) in [6, 6.07) is 0.781. The summed E-state index contributed by atoms with van der Waals surface area (Å²) < 4.78 is 18.4. The van der Waals surface area contributed by atoms with Gasteiger partial charge in [-0.25, -0.2) is 0 Å². The van der Waals surface area contributed by atoms with Crippen LogP contribution in [0.25, 0.3) is 0 Å². The molecule has 3 saturated heterocycles. The van der Waals surface area contributed by atoms with E-state index < -0.39 is 0 Å². The SMILES string of the molecule is CC(C)C1CN(C)C(C(C)(C)C2COC(C(C)(C)N3CCOCC3)CN2C)CO1. The van der Waals surface area contributed by atoms with Crippen LogP contribution in [0.2, 0.25) is 0 Å². The Morgan fingerprint density at radius 3 is 1.90 bits per heavy atom. The van der Waals surface area contributed by atoms with Crippen molar-refractivity contribution in [2.45, 2.75) is 71.4 Å². The third-order valence-electron chi connectivity index (χ3n) is 7.98. The molecule has 170 valence electrons. The van der Waals surface area contributed by atoms with E-state index in [1.165, 1.54) is 0 Å². The van der Waals surface area contributed by atoms with E-state index in [0.717, 1.165) is 52.6 Å². The summed E-state index contributed by atoms with van der Waals surface area (Å²) in [6.45, 7) is 21.1. The van der Waals surface area contributed by atoms with E-state index in [-0.39, 0.29) is 17.1 Å². The second kappa shape index (κ2) is 9.09. The van der Waals surface area contributed by atoms with Crippen molar-refractivity contribution in [3.8, 4) is 0 Å². The molecule has 6 heteroatoms. The van der Waals surface area contributed by atoms with Crippen LogP contribution in [0.1, 0.15) is 41.5 Å². The van der Waals surface area contributed by atoms with E-state index in [0.29, 0.717) is 24.1 Å². The quantitative estimate of drug-likeness (QED) is 0.690. The Morgan fingerprint density at radius 2 is 1.38 bits per heavy atom. The minimum absolute atomic E-state index is 0.0162. The lowest BCUT2D eigenvalue weighted by Crippen LogP contribution is -2.67. The molecule has 0 N–H and O–H groups in total. The zero-order valence-corrected chi connectivity index (χ0v) is 20.1. The third-order valence-corrected chi connectivity index (χ3v) is 7.98. The fourth-order valence-corrected chi connectivity index (χ4v) is 5.54. The maximum atomic E-state index is 6.57. The molecule has 0 radical (unpaired) electrons. The van der Waals surface area contributed by atoms with Gasteiger partial charge in [-0.3, -0.25) is 14.7 Å². The highest BCUT2D eigenvalue weighted by Gasteiger charge is 2.48. The number of likely N-dealkylation sites (N-methyl/N-ethyl adjacent to an activating group) is 2. The van der Waals surface area contributed by atoms with Crippen molar-refractivity contribution in [2.24, 2.45) is 11.3 Å². The molecule has 0 aliphatic carbocycles. The Labute approximate surface area is 178 Å². The van der Waals surface area contributed by atoms with E-state index in [4.69, 9.17) is 14.2 Å². The maximum Gasteiger partial charge on any atom is 0.0880 e. The van der Waals surface area contributed by atoms with Crippen LogP contribution in [-0.4, -0.2) is 111 Å². The van der Waals surface area contributed by atoms with Crippen molar-refractivity contribution in [2.75, 3.05) is 66.7 Å². The molecule has 0 amide bonds. The molecule has 4 atom stereocenters. The smallest absolute Gasteiger partial charge is 0.0880 e. The van der Waals surface area contributed by atoms with Crippen LogP contribution in [0.15, 0.2) is 0 Å². The number of morpholine rings is 3. The van der Waals surface area contributed by atoms with Crippen LogP contribution in [0.5, 0.6) is 0 Å². The zero-order chi connectivity index (χ0) is 21.4. The van der Waals surface area contributed by atoms with Crippen LogP contribution in [0, 0.1) is 11.3 Å². The number of rotatable bonds is 5. The van der Waals surface area contributed by atoms with Crippen molar-refractivity contribution in [3.63, 3.8) is 0 Å². The largest absolute Gasteiger partial charge is 0.379 e. The van der Waals surface area contributed by atoms with Crippen molar-refractivity contribution >= 4 is 0 Å². The molecule has 3 aliphatic rings. The highest BCUT2D eigenvalue weighted by molar-refractivity contribution is 5.02. The minimum atomic E-state index is 0.0162. The molecular formula is C23H45N3O3. The van der Waals surface area contributed by atoms with E-state index in [1.54, 1.807) is 0 Å². The minimum Gasteiger partial charge on any atom is -0.379 e. The van der Waals surface area contributed by atoms with Crippen LogP contribution in [0.4, 0.5) is 0 Å². The summed E-state index contributed by atoms with van der Waals surface area (Å²) >= 11 is 0. The Hall–Kier alpha value is -0.240. The van der Waals surface area contributed by atoms with E-state index in [9.17, 15) is 0 Å². The number of nitrogens with zero attached hydrogens (tertiary/aromatic N) is 3. The van der Waals surface area contributed by atoms with E-state index in [2.05, 4.69) is 70.3 Å². The molecule has 6 nitrogen and oxygen atoms in total. The predicted molar refractivity (Wildman–Crippen MR) is 117 cm³/mol. The third kappa shape index (κ3) is 4.83. The van der Waals surface area contributed by atoms with Gasteiger partial charge < -0.3 is 14.2 Å². The molecule has 29 heavy (non-hydrogen) atoms. The van der Waals surface area contributed by atoms with Gasteiger partial charge in [-0.15, -0.1) is 0 Å². The fourth-order valence-electron chi connectivity index (χ4n) is 5.54. The molecule has 3 aliphatic heterocycles. The van der Waals surface area contributed by atoms with Gasteiger partial charge in [0, 0.05) is 49.2 Å². The van der Waals surface area contributed by atoms with Crippen molar-refractivity contribution in [1.29, 1.82) is 0 Å².